The third-order valence-electron chi connectivity index (χ3n) is 3.41. The van der Waals surface area contributed by atoms with E-state index in [1.54, 1.807) is 0 Å². The molecule has 0 aliphatic heterocycles. The number of aromatic nitrogens is 2. The van der Waals surface area contributed by atoms with E-state index < -0.39 is 0 Å². The number of nitrogens with two attached hydrogens (primary N) is 1. The van der Waals surface area contributed by atoms with Gasteiger partial charge in [-0.3, -0.25) is 0 Å². The second-order valence-corrected chi connectivity index (χ2v) is 5.00. The molecule has 1 heterocycles. The predicted molar refractivity (Wildman–Crippen MR) is 86.8 cm³/mol. The van der Waals surface area contributed by atoms with E-state index in [4.69, 9.17) is 5.73 Å². The van der Waals surface area contributed by atoms with E-state index in [-0.39, 0.29) is 5.82 Å². The van der Waals surface area contributed by atoms with E-state index in [0.29, 0.717) is 17.1 Å². The summed E-state index contributed by atoms with van der Waals surface area (Å²) in [5, 5.41) is 9.37. The molecule has 0 aliphatic rings. The Morgan fingerprint density at radius 2 is 1.59 bits per heavy atom. The van der Waals surface area contributed by atoms with Crippen molar-refractivity contribution in [2.45, 2.75) is 6.92 Å². The average molecular weight is 286 g/mol. The molecule has 0 saturated carbocycles. The van der Waals surface area contributed by atoms with Gasteiger partial charge in [0.25, 0.3) is 0 Å². The van der Waals surface area contributed by atoms with Crippen molar-refractivity contribution in [3.8, 4) is 28.7 Å². The molecule has 0 amide bonds. The van der Waals surface area contributed by atoms with Crippen LogP contribution in [0.15, 0.2) is 54.6 Å². The van der Waals surface area contributed by atoms with Crippen LogP contribution in [-0.4, -0.2) is 9.97 Å². The van der Waals surface area contributed by atoms with Crippen LogP contribution in [0.2, 0.25) is 0 Å². The number of hydrogen-bond donors (Lipinski definition) is 1. The first-order valence-electron chi connectivity index (χ1n) is 6.89. The van der Waals surface area contributed by atoms with E-state index in [1.165, 1.54) is 0 Å². The van der Waals surface area contributed by atoms with Gasteiger partial charge in [0.1, 0.15) is 17.5 Å². The first kappa shape index (κ1) is 13.8. The van der Waals surface area contributed by atoms with Crippen molar-refractivity contribution in [1.82, 2.24) is 9.97 Å². The van der Waals surface area contributed by atoms with E-state index >= 15 is 0 Å². The largest absolute Gasteiger partial charge is 0.382 e. The Labute approximate surface area is 128 Å². The number of hydrogen-bond acceptors (Lipinski definition) is 4. The summed E-state index contributed by atoms with van der Waals surface area (Å²) in [6, 6.07) is 19.5. The Bertz CT molecular complexity index is 847. The summed E-state index contributed by atoms with van der Waals surface area (Å²) in [5.74, 6) is 0.722. The van der Waals surface area contributed by atoms with Crippen molar-refractivity contribution in [2.75, 3.05) is 5.73 Å². The van der Waals surface area contributed by atoms with Crippen LogP contribution in [0.1, 0.15) is 11.1 Å². The molecule has 3 aromatic rings. The molecule has 0 spiro atoms. The van der Waals surface area contributed by atoms with Gasteiger partial charge in [0.2, 0.25) is 0 Å². The summed E-state index contributed by atoms with van der Waals surface area (Å²) in [6.07, 6.45) is 0. The quantitative estimate of drug-likeness (QED) is 0.781. The normalized spacial score (nSPS) is 10.2. The van der Waals surface area contributed by atoms with Gasteiger partial charge in [-0.2, -0.15) is 5.26 Å². The topological polar surface area (TPSA) is 75.6 Å². The maximum absolute atomic E-state index is 9.37. The van der Waals surface area contributed by atoms with Crippen LogP contribution in [0.25, 0.3) is 22.6 Å². The smallest absolute Gasteiger partial charge is 0.162 e. The minimum Gasteiger partial charge on any atom is -0.382 e. The standard InChI is InChI=1S/C18H14N4/c1-12-7-9-13(10-8-12)16-15(11-19)17(20)22-18(21-16)14-5-3-2-4-6-14/h2-10H,1H3,(H2,20,21,22). The summed E-state index contributed by atoms with van der Waals surface area (Å²) in [6.45, 7) is 2.01. The zero-order valence-electron chi connectivity index (χ0n) is 12.1. The van der Waals surface area contributed by atoms with Gasteiger partial charge in [-0.15, -0.1) is 0 Å². The molecule has 4 nitrogen and oxygen atoms in total. The summed E-state index contributed by atoms with van der Waals surface area (Å²) in [5.41, 5.74) is 9.70. The molecule has 0 saturated heterocycles. The van der Waals surface area contributed by atoms with Crippen LogP contribution in [0.3, 0.4) is 0 Å². The van der Waals surface area contributed by atoms with Crippen molar-refractivity contribution in [2.24, 2.45) is 0 Å². The average Bonchev–Trinajstić information content (AvgIpc) is 2.55. The lowest BCUT2D eigenvalue weighted by Gasteiger charge is -2.09. The molecule has 0 unspecified atom stereocenters. The lowest BCUT2D eigenvalue weighted by molar-refractivity contribution is 1.17. The number of benzene rings is 2. The van der Waals surface area contributed by atoms with Crippen LogP contribution < -0.4 is 5.73 Å². The third-order valence-corrected chi connectivity index (χ3v) is 3.41. The van der Waals surface area contributed by atoms with Gasteiger partial charge >= 0.3 is 0 Å². The summed E-state index contributed by atoms with van der Waals surface area (Å²) in [7, 11) is 0. The van der Waals surface area contributed by atoms with E-state index in [0.717, 1.165) is 16.7 Å². The highest BCUT2D eigenvalue weighted by Crippen LogP contribution is 2.27. The maximum atomic E-state index is 9.37. The second kappa shape index (κ2) is 5.66. The van der Waals surface area contributed by atoms with Crippen LogP contribution in [0, 0.1) is 18.3 Å². The van der Waals surface area contributed by atoms with Gasteiger partial charge in [0.05, 0.1) is 5.69 Å². The molecule has 0 atom stereocenters. The monoisotopic (exact) mass is 286 g/mol. The number of nitriles is 1. The molecular weight excluding hydrogens is 272 g/mol. The molecule has 22 heavy (non-hydrogen) atoms. The molecule has 0 bridgehead atoms. The Kier molecular flexibility index (Phi) is 3.55. The Hall–Kier alpha value is -3.19. The highest BCUT2D eigenvalue weighted by Gasteiger charge is 2.14. The molecule has 0 aliphatic carbocycles. The van der Waals surface area contributed by atoms with Gasteiger partial charge in [-0.25, -0.2) is 9.97 Å². The minimum absolute atomic E-state index is 0.201. The molecule has 4 heteroatoms. The van der Waals surface area contributed by atoms with Gasteiger partial charge in [0, 0.05) is 11.1 Å². The lowest BCUT2D eigenvalue weighted by Crippen LogP contribution is -2.03. The van der Waals surface area contributed by atoms with Crippen LogP contribution in [-0.2, 0) is 0 Å². The maximum Gasteiger partial charge on any atom is 0.162 e. The second-order valence-electron chi connectivity index (χ2n) is 5.00. The summed E-state index contributed by atoms with van der Waals surface area (Å²) >= 11 is 0. The Morgan fingerprint density at radius 3 is 2.23 bits per heavy atom. The Balaban J connectivity index is 2.22. The zero-order valence-corrected chi connectivity index (χ0v) is 12.1. The third kappa shape index (κ3) is 2.52. The van der Waals surface area contributed by atoms with Crippen LogP contribution in [0.5, 0.6) is 0 Å². The highest BCUT2D eigenvalue weighted by atomic mass is 15.0. The van der Waals surface area contributed by atoms with E-state index in [9.17, 15) is 5.26 Å². The first-order valence-corrected chi connectivity index (χ1v) is 6.89. The van der Waals surface area contributed by atoms with Crippen molar-refractivity contribution in [3.05, 3.63) is 65.7 Å². The SMILES string of the molecule is Cc1ccc(-c2nc(-c3ccccc3)nc(N)c2C#N)cc1. The number of anilines is 1. The van der Waals surface area contributed by atoms with Crippen molar-refractivity contribution in [1.29, 1.82) is 5.26 Å². The Morgan fingerprint density at radius 1 is 0.909 bits per heavy atom. The number of aryl methyl sites for hydroxylation is 1. The van der Waals surface area contributed by atoms with Gasteiger partial charge in [-0.1, -0.05) is 60.2 Å². The number of nitrogen functional groups attached to an aromatic ring is 1. The van der Waals surface area contributed by atoms with Crippen LogP contribution >= 0.6 is 0 Å². The lowest BCUT2D eigenvalue weighted by atomic mass is 10.0. The molecule has 3 rings (SSSR count). The first-order chi connectivity index (χ1) is 10.7. The fraction of sp³-hybridized carbons (Fsp3) is 0.0556. The molecule has 106 valence electrons. The van der Waals surface area contributed by atoms with Gasteiger partial charge < -0.3 is 5.73 Å². The van der Waals surface area contributed by atoms with Crippen molar-refractivity contribution in [3.63, 3.8) is 0 Å². The minimum atomic E-state index is 0.201. The van der Waals surface area contributed by atoms with E-state index in [2.05, 4.69) is 16.0 Å². The molecular formula is C18H14N4. The summed E-state index contributed by atoms with van der Waals surface area (Å²) < 4.78 is 0. The van der Waals surface area contributed by atoms with Crippen molar-refractivity contribution >= 4 is 5.82 Å². The zero-order chi connectivity index (χ0) is 15.5. The molecule has 1 aromatic heterocycles. The van der Waals surface area contributed by atoms with Crippen molar-refractivity contribution < 1.29 is 0 Å². The summed E-state index contributed by atoms with van der Waals surface area (Å²) in [4.78, 5) is 8.82. The molecule has 0 radical (unpaired) electrons. The van der Waals surface area contributed by atoms with Gasteiger partial charge in [-0.05, 0) is 6.92 Å². The van der Waals surface area contributed by atoms with Crippen LogP contribution in [0.4, 0.5) is 5.82 Å². The number of nitrogens with zero attached hydrogens (tertiary/aromatic N) is 3. The van der Waals surface area contributed by atoms with Gasteiger partial charge in [0.15, 0.2) is 5.82 Å². The fourth-order valence-electron chi connectivity index (χ4n) is 2.22. The molecule has 2 N–H and O–H groups in total. The van der Waals surface area contributed by atoms with E-state index in [1.807, 2.05) is 61.5 Å². The fourth-order valence-corrected chi connectivity index (χ4v) is 2.22. The molecule has 0 fully saturated rings. The predicted octanol–water partition coefficient (Wildman–Crippen LogP) is 3.57. The highest BCUT2D eigenvalue weighted by molar-refractivity contribution is 5.74. The number of rotatable bonds is 2. The molecule has 2 aromatic carbocycles.